The van der Waals surface area contributed by atoms with Crippen LogP contribution in [0.4, 0.5) is 0 Å². The lowest BCUT2D eigenvalue weighted by Gasteiger charge is -2.34. The topological polar surface area (TPSA) is 42.2 Å². The second-order valence-electron chi connectivity index (χ2n) is 5.33. The summed E-state index contributed by atoms with van der Waals surface area (Å²) in [6.07, 6.45) is 8.69. The van der Waals surface area contributed by atoms with E-state index >= 15 is 0 Å². The first-order chi connectivity index (χ1) is 9.20. The van der Waals surface area contributed by atoms with Crippen molar-refractivity contribution in [2.75, 3.05) is 13.1 Å². The third-order valence-electron chi connectivity index (χ3n) is 3.52. The fraction of sp³-hybridized carbons (Fsp3) is 0.688. The number of unbranched alkanes of at least 4 members (excludes halogenated alkanes) is 2. The predicted molar refractivity (Wildman–Crippen MR) is 82.0 cm³/mol. The van der Waals surface area contributed by atoms with Crippen LogP contribution in [0.15, 0.2) is 24.5 Å². The van der Waals surface area contributed by atoms with Gasteiger partial charge in [0, 0.05) is 18.4 Å². The van der Waals surface area contributed by atoms with Crippen molar-refractivity contribution in [3.8, 4) is 0 Å². The third-order valence-corrected chi connectivity index (χ3v) is 3.52. The fourth-order valence-electron chi connectivity index (χ4n) is 2.51. The van der Waals surface area contributed by atoms with Crippen molar-refractivity contribution in [3.63, 3.8) is 0 Å². The summed E-state index contributed by atoms with van der Waals surface area (Å²) in [5, 5.41) is 0. The highest BCUT2D eigenvalue weighted by Crippen LogP contribution is 2.23. The highest BCUT2D eigenvalue weighted by Gasteiger charge is 2.23. The van der Waals surface area contributed by atoms with Crippen LogP contribution in [0.3, 0.4) is 0 Å². The molecule has 0 radical (unpaired) electrons. The van der Waals surface area contributed by atoms with Gasteiger partial charge in [0.2, 0.25) is 0 Å². The van der Waals surface area contributed by atoms with Gasteiger partial charge in [-0.2, -0.15) is 0 Å². The number of nitrogens with two attached hydrogens (primary N) is 1. The van der Waals surface area contributed by atoms with E-state index in [0.29, 0.717) is 0 Å². The zero-order chi connectivity index (χ0) is 14.1. The Labute approximate surface area is 118 Å². The van der Waals surface area contributed by atoms with Crippen LogP contribution < -0.4 is 5.73 Å². The largest absolute Gasteiger partial charge is 0.326 e. The minimum atomic E-state index is 0.123. The number of hydrogen-bond acceptors (Lipinski definition) is 3. The summed E-state index contributed by atoms with van der Waals surface area (Å²) in [6, 6.07) is 4.55. The van der Waals surface area contributed by atoms with Crippen molar-refractivity contribution in [2.45, 2.75) is 58.5 Å². The number of pyridine rings is 1. The molecule has 1 rings (SSSR count). The molecule has 0 aliphatic carbocycles. The molecule has 108 valence electrons. The van der Waals surface area contributed by atoms with Crippen LogP contribution in [0, 0.1) is 0 Å². The van der Waals surface area contributed by atoms with Crippen LogP contribution in [0.1, 0.15) is 58.1 Å². The van der Waals surface area contributed by atoms with Gasteiger partial charge >= 0.3 is 0 Å². The molecule has 1 heterocycles. The van der Waals surface area contributed by atoms with Gasteiger partial charge in [0.15, 0.2) is 0 Å². The average molecular weight is 263 g/mol. The van der Waals surface area contributed by atoms with Crippen molar-refractivity contribution < 1.29 is 0 Å². The Balaban J connectivity index is 2.84. The average Bonchev–Trinajstić information content (AvgIpc) is 2.42. The van der Waals surface area contributed by atoms with Gasteiger partial charge < -0.3 is 5.73 Å². The lowest BCUT2D eigenvalue weighted by atomic mass is 10.00. The molecule has 0 aliphatic rings. The second kappa shape index (κ2) is 9.05. The van der Waals surface area contributed by atoms with Crippen LogP contribution in [0.25, 0.3) is 0 Å². The van der Waals surface area contributed by atoms with E-state index in [-0.39, 0.29) is 12.1 Å². The molecule has 2 N–H and O–H groups in total. The summed E-state index contributed by atoms with van der Waals surface area (Å²) in [7, 11) is 0. The van der Waals surface area contributed by atoms with E-state index in [0.717, 1.165) is 13.1 Å². The molecule has 0 amide bonds. The molecule has 1 aromatic heterocycles. The molecule has 0 saturated carbocycles. The zero-order valence-electron chi connectivity index (χ0n) is 12.7. The molecule has 0 saturated heterocycles. The summed E-state index contributed by atoms with van der Waals surface area (Å²) >= 11 is 0. The normalized spacial score (nSPS) is 14.6. The van der Waals surface area contributed by atoms with Gasteiger partial charge in [-0.25, -0.2) is 0 Å². The summed E-state index contributed by atoms with van der Waals surface area (Å²) in [4.78, 5) is 6.79. The van der Waals surface area contributed by atoms with Crippen LogP contribution in [-0.2, 0) is 0 Å². The van der Waals surface area contributed by atoms with Crippen molar-refractivity contribution >= 4 is 0 Å². The summed E-state index contributed by atoms with van der Waals surface area (Å²) in [5.41, 5.74) is 7.48. The van der Waals surface area contributed by atoms with Crippen LogP contribution >= 0.6 is 0 Å². The number of aromatic nitrogens is 1. The molecule has 2 atom stereocenters. The molecule has 0 aliphatic heterocycles. The Bertz CT molecular complexity index is 316. The maximum Gasteiger partial charge on any atom is 0.0511 e. The van der Waals surface area contributed by atoms with Crippen molar-refractivity contribution in [3.05, 3.63) is 30.1 Å². The molecule has 0 spiro atoms. The molecule has 0 fully saturated rings. The Kier molecular flexibility index (Phi) is 7.68. The van der Waals surface area contributed by atoms with Gasteiger partial charge in [-0.3, -0.25) is 9.88 Å². The van der Waals surface area contributed by atoms with Crippen LogP contribution in [0.5, 0.6) is 0 Å². The van der Waals surface area contributed by atoms with E-state index in [2.05, 4.69) is 36.7 Å². The molecule has 3 heteroatoms. The van der Waals surface area contributed by atoms with Gasteiger partial charge in [-0.1, -0.05) is 32.8 Å². The van der Waals surface area contributed by atoms with E-state index in [1.165, 1.54) is 31.2 Å². The molecule has 2 unspecified atom stereocenters. The minimum absolute atomic E-state index is 0.123. The van der Waals surface area contributed by atoms with E-state index < -0.39 is 0 Å². The molecule has 0 aromatic carbocycles. The smallest absolute Gasteiger partial charge is 0.0511 e. The summed E-state index contributed by atoms with van der Waals surface area (Å²) in [6.45, 7) is 8.82. The minimum Gasteiger partial charge on any atom is -0.326 e. The number of nitrogens with zero attached hydrogens (tertiary/aromatic N) is 2. The Morgan fingerprint density at radius 2 is 1.84 bits per heavy atom. The molecule has 19 heavy (non-hydrogen) atoms. The van der Waals surface area contributed by atoms with Gasteiger partial charge in [0.1, 0.15) is 0 Å². The van der Waals surface area contributed by atoms with Gasteiger partial charge in [-0.15, -0.1) is 0 Å². The van der Waals surface area contributed by atoms with Crippen molar-refractivity contribution in [1.82, 2.24) is 9.88 Å². The standard InChI is InChI=1S/C16H29N3/c1-4-6-11-19(12-7-5-2)16(14(3)17)15-9-8-10-18-13-15/h8-10,13-14,16H,4-7,11-12,17H2,1-3H3. The van der Waals surface area contributed by atoms with E-state index in [4.69, 9.17) is 5.73 Å². The zero-order valence-corrected chi connectivity index (χ0v) is 12.7. The van der Waals surface area contributed by atoms with Crippen molar-refractivity contribution in [1.29, 1.82) is 0 Å². The third kappa shape index (κ3) is 5.29. The molecule has 1 aromatic rings. The van der Waals surface area contributed by atoms with Crippen LogP contribution in [-0.4, -0.2) is 29.0 Å². The molecule has 3 nitrogen and oxygen atoms in total. The lowest BCUT2D eigenvalue weighted by Crippen LogP contribution is -2.40. The Morgan fingerprint density at radius 1 is 1.21 bits per heavy atom. The lowest BCUT2D eigenvalue weighted by molar-refractivity contribution is 0.171. The Morgan fingerprint density at radius 3 is 2.26 bits per heavy atom. The highest BCUT2D eigenvalue weighted by molar-refractivity contribution is 5.16. The highest BCUT2D eigenvalue weighted by atomic mass is 15.2. The van der Waals surface area contributed by atoms with Gasteiger partial charge in [0.05, 0.1) is 6.04 Å². The van der Waals surface area contributed by atoms with Gasteiger partial charge in [0.25, 0.3) is 0 Å². The quantitative estimate of drug-likeness (QED) is 0.742. The first kappa shape index (κ1) is 16.1. The van der Waals surface area contributed by atoms with E-state index in [1.54, 1.807) is 0 Å². The Hall–Kier alpha value is -0.930. The summed E-state index contributed by atoms with van der Waals surface area (Å²) < 4.78 is 0. The molecular formula is C16H29N3. The van der Waals surface area contributed by atoms with Crippen molar-refractivity contribution in [2.24, 2.45) is 5.73 Å². The maximum absolute atomic E-state index is 6.24. The predicted octanol–water partition coefficient (Wildman–Crippen LogP) is 3.37. The molecule has 0 bridgehead atoms. The SMILES string of the molecule is CCCCN(CCCC)C(c1cccnc1)C(C)N. The first-order valence-corrected chi connectivity index (χ1v) is 7.60. The maximum atomic E-state index is 6.24. The van der Waals surface area contributed by atoms with E-state index in [1.807, 2.05) is 18.5 Å². The van der Waals surface area contributed by atoms with E-state index in [9.17, 15) is 0 Å². The second-order valence-corrected chi connectivity index (χ2v) is 5.33. The molecular weight excluding hydrogens is 234 g/mol. The van der Waals surface area contributed by atoms with Gasteiger partial charge in [-0.05, 0) is 44.5 Å². The number of rotatable bonds is 9. The first-order valence-electron chi connectivity index (χ1n) is 7.60. The van der Waals surface area contributed by atoms with Crippen LogP contribution in [0.2, 0.25) is 0 Å². The summed E-state index contributed by atoms with van der Waals surface area (Å²) in [5.74, 6) is 0. The number of hydrogen-bond donors (Lipinski definition) is 1. The monoisotopic (exact) mass is 263 g/mol. The fourth-order valence-corrected chi connectivity index (χ4v) is 2.51.